The van der Waals surface area contributed by atoms with Gasteiger partial charge in [-0.2, -0.15) is 0 Å². The minimum Gasteiger partial charge on any atom is -0.482 e. The summed E-state index contributed by atoms with van der Waals surface area (Å²) in [5.41, 5.74) is 3.62. The Labute approximate surface area is 175 Å². The fourth-order valence-corrected chi connectivity index (χ4v) is 5.30. The minimum atomic E-state index is -3.74. The van der Waals surface area contributed by atoms with E-state index in [-0.39, 0.29) is 29.7 Å². The number of nitrogens with one attached hydrogen (secondary N) is 2. The Bertz CT molecular complexity index is 1110. The monoisotopic (exact) mass is 428 g/mol. The van der Waals surface area contributed by atoms with E-state index in [1.807, 2.05) is 12.1 Å². The van der Waals surface area contributed by atoms with Gasteiger partial charge >= 0.3 is 0 Å². The maximum atomic E-state index is 13.0. The summed E-state index contributed by atoms with van der Waals surface area (Å²) in [4.78, 5) is 24.1. The van der Waals surface area contributed by atoms with E-state index in [1.165, 1.54) is 30.7 Å². The van der Waals surface area contributed by atoms with E-state index in [9.17, 15) is 18.0 Å². The molecular weight excluding hydrogens is 404 g/mol. The number of sulfone groups is 1. The van der Waals surface area contributed by atoms with Crippen molar-refractivity contribution in [3.8, 4) is 5.75 Å². The SMILES string of the molecule is CC(CC(=O)Nc1cccc2c1CCCC2)S(=O)(=O)c1ccc2c(c1)OCC(=O)N2. The third-order valence-electron chi connectivity index (χ3n) is 5.59. The Morgan fingerprint density at radius 3 is 2.83 bits per heavy atom. The molecule has 0 spiro atoms. The zero-order chi connectivity index (χ0) is 21.3. The van der Waals surface area contributed by atoms with Gasteiger partial charge in [-0.1, -0.05) is 12.1 Å². The molecule has 1 aliphatic carbocycles. The third kappa shape index (κ3) is 4.05. The van der Waals surface area contributed by atoms with Crippen molar-refractivity contribution in [2.24, 2.45) is 0 Å². The highest BCUT2D eigenvalue weighted by Gasteiger charge is 2.28. The fraction of sp³-hybridized carbons (Fsp3) is 0.364. The number of hydrogen-bond acceptors (Lipinski definition) is 5. The van der Waals surface area contributed by atoms with E-state index in [0.29, 0.717) is 11.4 Å². The van der Waals surface area contributed by atoms with E-state index in [2.05, 4.69) is 16.7 Å². The number of aryl methyl sites for hydroxylation is 1. The smallest absolute Gasteiger partial charge is 0.262 e. The zero-order valence-corrected chi connectivity index (χ0v) is 17.6. The summed E-state index contributed by atoms with van der Waals surface area (Å²) in [7, 11) is -3.74. The van der Waals surface area contributed by atoms with Crippen LogP contribution >= 0.6 is 0 Å². The summed E-state index contributed by atoms with van der Waals surface area (Å²) in [6.45, 7) is 1.37. The van der Waals surface area contributed by atoms with Gasteiger partial charge in [-0.25, -0.2) is 8.42 Å². The minimum absolute atomic E-state index is 0.0646. The Hall–Kier alpha value is -2.87. The van der Waals surface area contributed by atoms with Crippen LogP contribution in [-0.4, -0.2) is 32.1 Å². The fourth-order valence-electron chi connectivity index (χ4n) is 3.93. The topological polar surface area (TPSA) is 102 Å². The second kappa shape index (κ2) is 8.10. The lowest BCUT2D eigenvalue weighted by Crippen LogP contribution is -2.27. The molecule has 0 saturated heterocycles. The summed E-state index contributed by atoms with van der Waals surface area (Å²) in [5, 5.41) is 4.62. The number of hydrogen-bond donors (Lipinski definition) is 2. The molecular formula is C22H24N2O5S. The van der Waals surface area contributed by atoms with Crippen molar-refractivity contribution in [2.45, 2.75) is 49.2 Å². The number of fused-ring (bicyclic) bond motifs is 2. The van der Waals surface area contributed by atoms with Crippen LogP contribution in [0.25, 0.3) is 0 Å². The van der Waals surface area contributed by atoms with Crippen LogP contribution in [0.4, 0.5) is 11.4 Å². The zero-order valence-electron chi connectivity index (χ0n) is 16.7. The first-order valence-electron chi connectivity index (χ1n) is 10.1. The van der Waals surface area contributed by atoms with Crippen LogP contribution in [-0.2, 0) is 32.3 Å². The summed E-state index contributed by atoms with van der Waals surface area (Å²) >= 11 is 0. The van der Waals surface area contributed by atoms with Crippen LogP contribution in [0.15, 0.2) is 41.3 Å². The van der Waals surface area contributed by atoms with Crippen molar-refractivity contribution in [1.82, 2.24) is 0 Å². The van der Waals surface area contributed by atoms with Crippen molar-refractivity contribution in [3.05, 3.63) is 47.5 Å². The molecule has 1 atom stereocenters. The maximum Gasteiger partial charge on any atom is 0.262 e. The van der Waals surface area contributed by atoms with E-state index < -0.39 is 15.1 Å². The van der Waals surface area contributed by atoms with Gasteiger partial charge in [0.05, 0.1) is 15.8 Å². The Morgan fingerprint density at radius 1 is 1.20 bits per heavy atom. The standard InChI is InChI=1S/C22H24N2O5S/c1-14(11-21(25)23-18-8-4-6-15-5-2-3-7-17(15)18)30(27,28)16-9-10-19-20(12-16)29-13-22(26)24-19/h4,6,8-10,12,14H,2-3,5,7,11,13H2,1H3,(H,23,25)(H,24,26). The van der Waals surface area contributed by atoms with Crippen LogP contribution < -0.4 is 15.4 Å². The summed E-state index contributed by atoms with van der Waals surface area (Å²) < 4.78 is 31.3. The summed E-state index contributed by atoms with van der Waals surface area (Å²) in [6, 6.07) is 10.2. The van der Waals surface area contributed by atoms with Crippen LogP contribution in [0.5, 0.6) is 5.75 Å². The highest BCUT2D eigenvalue weighted by molar-refractivity contribution is 7.92. The van der Waals surface area contributed by atoms with Gasteiger partial charge in [0.25, 0.3) is 5.91 Å². The number of ether oxygens (including phenoxy) is 1. The van der Waals surface area contributed by atoms with Crippen LogP contribution in [0.3, 0.4) is 0 Å². The van der Waals surface area contributed by atoms with Gasteiger partial charge in [-0.05, 0) is 61.9 Å². The molecule has 0 bridgehead atoms. The molecule has 2 aromatic rings. The number of benzene rings is 2. The van der Waals surface area contributed by atoms with Crippen molar-refractivity contribution in [1.29, 1.82) is 0 Å². The third-order valence-corrected chi connectivity index (χ3v) is 7.72. The first-order chi connectivity index (χ1) is 14.3. The van der Waals surface area contributed by atoms with Crippen molar-refractivity contribution >= 4 is 33.0 Å². The average molecular weight is 429 g/mol. The summed E-state index contributed by atoms with van der Waals surface area (Å²) in [6.07, 6.45) is 4.01. The predicted octanol–water partition coefficient (Wildman–Crippen LogP) is 3.09. The van der Waals surface area contributed by atoms with Crippen molar-refractivity contribution in [2.75, 3.05) is 17.2 Å². The number of anilines is 2. The number of rotatable bonds is 5. The molecule has 7 nitrogen and oxygen atoms in total. The van der Waals surface area contributed by atoms with Crippen molar-refractivity contribution < 1.29 is 22.7 Å². The van der Waals surface area contributed by atoms with Crippen LogP contribution in [0.2, 0.25) is 0 Å². The molecule has 0 fully saturated rings. The van der Waals surface area contributed by atoms with Gasteiger partial charge in [0, 0.05) is 18.2 Å². The maximum absolute atomic E-state index is 13.0. The van der Waals surface area contributed by atoms with Crippen LogP contribution in [0, 0.1) is 0 Å². The lowest BCUT2D eigenvalue weighted by atomic mass is 9.90. The molecule has 1 aliphatic heterocycles. The Kier molecular flexibility index (Phi) is 5.51. The van der Waals surface area contributed by atoms with Gasteiger partial charge in [-0.3, -0.25) is 9.59 Å². The average Bonchev–Trinajstić information content (AvgIpc) is 2.73. The second-order valence-corrected chi connectivity index (χ2v) is 10.1. The van der Waals surface area contributed by atoms with Gasteiger partial charge in [0.15, 0.2) is 16.4 Å². The largest absolute Gasteiger partial charge is 0.482 e. The lowest BCUT2D eigenvalue weighted by molar-refractivity contribution is -0.118. The van der Waals surface area contributed by atoms with Gasteiger partial charge < -0.3 is 15.4 Å². The van der Waals surface area contributed by atoms with Crippen LogP contribution in [0.1, 0.15) is 37.3 Å². The van der Waals surface area contributed by atoms with E-state index in [4.69, 9.17) is 4.74 Å². The molecule has 8 heteroatoms. The molecule has 1 unspecified atom stereocenters. The van der Waals surface area contributed by atoms with Gasteiger partial charge in [-0.15, -0.1) is 0 Å². The molecule has 2 amide bonds. The van der Waals surface area contributed by atoms with E-state index >= 15 is 0 Å². The Morgan fingerprint density at radius 2 is 2.00 bits per heavy atom. The molecule has 2 aromatic carbocycles. The first kappa shape index (κ1) is 20.4. The predicted molar refractivity (Wildman–Crippen MR) is 114 cm³/mol. The molecule has 2 aliphatic rings. The molecule has 0 radical (unpaired) electrons. The number of carbonyl (C=O) groups excluding carboxylic acids is 2. The normalized spacial score (nSPS) is 16.5. The molecule has 30 heavy (non-hydrogen) atoms. The molecule has 158 valence electrons. The lowest BCUT2D eigenvalue weighted by Gasteiger charge is -2.21. The number of carbonyl (C=O) groups is 2. The molecule has 0 aromatic heterocycles. The van der Waals surface area contributed by atoms with Gasteiger partial charge in [0.1, 0.15) is 5.75 Å². The molecule has 4 rings (SSSR count). The molecule has 0 saturated carbocycles. The molecule has 2 N–H and O–H groups in total. The highest BCUT2D eigenvalue weighted by Crippen LogP contribution is 2.32. The Balaban J connectivity index is 1.47. The second-order valence-electron chi connectivity index (χ2n) is 7.75. The quantitative estimate of drug-likeness (QED) is 0.762. The van der Waals surface area contributed by atoms with Gasteiger partial charge in [0.2, 0.25) is 5.91 Å². The van der Waals surface area contributed by atoms with E-state index in [1.54, 1.807) is 0 Å². The van der Waals surface area contributed by atoms with E-state index in [0.717, 1.165) is 36.9 Å². The first-order valence-corrected chi connectivity index (χ1v) is 11.6. The molecule has 1 heterocycles. The highest BCUT2D eigenvalue weighted by atomic mass is 32.2. The number of amides is 2. The summed E-state index contributed by atoms with van der Waals surface area (Å²) in [5.74, 6) is -0.305. The van der Waals surface area contributed by atoms with Crippen molar-refractivity contribution in [3.63, 3.8) is 0 Å².